The van der Waals surface area contributed by atoms with E-state index in [4.69, 9.17) is 10.5 Å². The molecule has 1 saturated heterocycles. The normalized spacial score (nSPS) is 17.4. The molecule has 0 spiro atoms. The highest BCUT2D eigenvalue weighted by Crippen LogP contribution is 2.20. The van der Waals surface area contributed by atoms with Crippen LogP contribution in [0.5, 0.6) is 0 Å². The molecular weight excluding hydrogens is 524 g/mol. The second-order valence-electron chi connectivity index (χ2n) is 11.5. The van der Waals surface area contributed by atoms with Gasteiger partial charge in [-0.15, -0.1) is 0 Å². The van der Waals surface area contributed by atoms with Crippen molar-refractivity contribution >= 4 is 23.7 Å². The average molecular weight is 567 g/mol. The third-order valence-electron chi connectivity index (χ3n) is 6.86. The van der Waals surface area contributed by atoms with Gasteiger partial charge in [0.2, 0.25) is 17.7 Å². The Kier molecular flexibility index (Phi) is 11.4. The van der Waals surface area contributed by atoms with Crippen molar-refractivity contribution in [1.29, 1.82) is 0 Å². The highest BCUT2D eigenvalue weighted by Gasteiger charge is 2.38. The Balaban J connectivity index is 1.71. The highest BCUT2D eigenvalue weighted by molar-refractivity contribution is 5.93. The number of nitrogens with zero attached hydrogens (tertiary/aromatic N) is 1. The predicted molar refractivity (Wildman–Crippen MR) is 155 cm³/mol. The summed E-state index contributed by atoms with van der Waals surface area (Å²) in [6.45, 7) is 5.76. The molecule has 222 valence electrons. The number of benzene rings is 2. The van der Waals surface area contributed by atoms with Gasteiger partial charge in [0, 0.05) is 12.6 Å². The van der Waals surface area contributed by atoms with Gasteiger partial charge in [-0.25, -0.2) is 0 Å². The Morgan fingerprint density at radius 1 is 0.976 bits per heavy atom. The number of carboxylic acids is 1. The van der Waals surface area contributed by atoms with Gasteiger partial charge < -0.3 is 31.1 Å². The number of carboxylic acid groups (broad SMARTS) is 1. The van der Waals surface area contributed by atoms with Crippen LogP contribution in [0.2, 0.25) is 0 Å². The topological polar surface area (TPSA) is 151 Å². The van der Waals surface area contributed by atoms with E-state index in [1.165, 1.54) is 4.90 Å². The maximum Gasteiger partial charge on any atom is 0.305 e. The van der Waals surface area contributed by atoms with Crippen molar-refractivity contribution in [2.24, 2.45) is 5.73 Å². The van der Waals surface area contributed by atoms with E-state index >= 15 is 0 Å². The first-order valence-electron chi connectivity index (χ1n) is 14.0. The number of hydrogen-bond acceptors (Lipinski definition) is 6. The Bertz CT molecular complexity index is 1170. The van der Waals surface area contributed by atoms with Crippen LogP contribution in [0.3, 0.4) is 0 Å². The summed E-state index contributed by atoms with van der Waals surface area (Å²) in [5.74, 6) is -2.40. The number of nitrogens with two attached hydrogens (primary N) is 1. The second kappa shape index (κ2) is 14.7. The van der Waals surface area contributed by atoms with E-state index in [9.17, 15) is 24.3 Å². The van der Waals surface area contributed by atoms with Gasteiger partial charge in [0.25, 0.3) is 0 Å². The number of likely N-dealkylation sites (tertiary alicyclic amines) is 1. The van der Waals surface area contributed by atoms with Crippen LogP contribution in [0.15, 0.2) is 60.7 Å². The Labute approximate surface area is 241 Å². The van der Waals surface area contributed by atoms with E-state index in [1.54, 1.807) is 0 Å². The smallest absolute Gasteiger partial charge is 0.305 e. The minimum atomic E-state index is -1.09. The fourth-order valence-corrected chi connectivity index (χ4v) is 4.84. The standard InChI is InChI=1S/C31H42N4O6/c1-31(2,3)41-20-25(28(38)33-23(19-27(36)37)17-21-11-6-4-7-12-21)34-29(39)26-15-10-16-35(26)30(40)24(32)18-22-13-8-5-9-14-22/h4-9,11-14,23-26H,10,15-20,32H2,1-3H3,(H,33,38)(H,34,39)(H,36,37). The molecule has 0 aliphatic carbocycles. The number of aliphatic carboxylic acids is 1. The van der Waals surface area contributed by atoms with E-state index in [0.29, 0.717) is 32.2 Å². The Morgan fingerprint density at radius 3 is 2.12 bits per heavy atom. The summed E-state index contributed by atoms with van der Waals surface area (Å²) < 4.78 is 5.84. The summed E-state index contributed by atoms with van der Waals surface area (Å²) in [5, 5.41) is 15.0. The molecule has 0 aromatic heterocycles. The van der Waals surface area contributed by atoms with Crippen LogP contribution in [-0.2, 0) is 36.8 Å². The molecule has 3 amide bonds. The van der Waals surface area contributed by atoms with Crippen LogP contribution < -0.4 is 16.4 Å². The third-order valence-corrected chi connectivity index (χ3v) is 6.86. The molecule has 41 heavy (non-hydrogen) atoms. The molecule has 5 N–H and O–H groups in total. The van der Waals surface area contributed by atoms with Crippen molar-refractivity contribution in [2.75, 3.05) is 13.2 Å². The van der Waals surface area contributed by atoms with Crippen LogP contribution in [0.1, 0.15) is 51.2 Å². The van der Waals surface area contributed by atoms with Crippen molar-refractivity contribution in [1.82, 2.24) is 15.5 Å². The summed E-state index contributed by atoms with van der Waals surface area (Å²) in [7, 11) is 0. The van der Waals surface area contributed by atoms with E-state index in [-0.39, 0.29) is 18.9 Å². The molecule has 1 aliphatic heterocycles. The zero-order chi connectivity index (χ0) is 30.0. The molecule has 4 unspecified atom stereocenters. The Hall–Kier alpha value is -3.76. The van der Waals surface area contributed by atoms with Gasteiger partial charge in [-0.05, 0) is 57.6 Å². The first-order valence-corrected chi connectivity index (χ1v) is 14.0. The largest absolute Gasteiger partial charge is 0.481 e. The quantitative estimate of drug-likeness (QED) is 0.290. The predicted octanol–water partition coefficient (Wildman–Crippen LogP) is 2.05. The van der Waals surface area contributed by atoms with Gasteiger partial charge in [0.1, 0.15) is 12.1 Å². The molecule has 0 radical (unpaired) electrons. The number of rotatable bonds is 13. The number of hydrogen-bond donors (Lipinski definition) is 4. The fraction of sp³-hybridized carbons (Fsp3) is 0.484. The molecule has 4 atom stereocenters. The van der Waals surface area contributed by atoms with E-state index in [2.05, 4.69) is 10.6 Å². The summed E-state index contributed by atoms with van der Waals surface area (Å²) in [5.41, 5.74) is 7.45. The maximum atomic E-state index is 13.5. The van der Waals surface area contributed by atoms with Crippen LogP contribution >= 0.6 is 0 Å². The Morgan fingerprint density at radius 2 is 1.56 bits per heavy atom. The van der Waals surface area contributed by atoms with Gasteiger partial charge in [0.15, 0.2) is 0 Å². The molecule has 2 aromatic rings. The molecule has 3 rings (SSSR count). The molecule has 2 aromatic carbocycles. The number of carbonyl (C=O) groups excluding carboxylic acids is 3. The minimum absolute atomic E-state index is 0.125. The zero-order valence-corrected chi connectivity index (χ0v) is 24.0. The molecule has 10 nitrogen and oxygen atoms in total. The lowest BCUT2D eigenvalue weighted by atomic mass is 10.0. The van der Waals surface area contributed by atoms with Crippen molar-refractivity contribution in [3.63, 3.8) is 0 Å². The first-order chi connectivity index (χ1) is 19.4. The molecular formula is C31H42N4O6. The summed E-state index contributed by atoms with van der Waals surface area (Å²) in [6, 6.07) is 15.3. The molecule has 1 aliphatic rings. The number of carbonyl (C=O) groups is 4. The summed E-state index contributed by atoms with van der Waals surface area (Å²) >= 11 is 0. The van der Waals surface area contributed by atoms with Gasteiger partial charge >= 0.3 is 5.97 Å². The third kappa shape index (κ3) is 10.3. The molecule has 0 bridgehead atoms. The van der Waals surface area contributed by atoms with Gasteiger partial charge in [-0.2, -0.15) is 0 Å². The number of amides is 3. The summed E-state index contributed by atoms with van der Waals surface area (Å²) in [6.07, 6.45) is 1.45. The van der Waals surface area contributed by atoms with Gasteiger partial charge in [-0.1, -0.05) is 60.7 Å². The monoisotopic (exact) mass is 566 g/mol. The van der Waals surface area contributed by atoms with Crippen molar-refractivity contribution in [3.05, 3.63) is 71.8 Å². The van der Waals surface area contributed by atoms with Gasteiger partial charge in [0.05, 0.1) is 24.7 Å². The van der Waals surface area contributed by atoms with Crippen molar-refractivity contribution in [3.8, 4) is 0 Å². The number of nitrogens with one attached hydrogen (secondary N) is 2. The second-order valence-corrected chi connectivity index (χ2v) is 11.5. The van der Waals surface area contributed by atoms with Crippen LogP contribution in [-0.4, -0.2) is 76.6 Å². The van der Waals surface area contributed by atoms with Crippen LogP contribution in [0.25, 0.3) is 0 Å². The molecule has 10 heteroatoms. The minimum Gasteiger partial charge on any atom is -0.481 e. The van der Waals surface area contributed by atoms with Crippen molar-refractivity contribution in [2.45, 2.75) is 82.6 Å². The van der Waals surface area contributed by atoms with Crippen LogP contribution in [0, 0.1) is 0 Å². The van der Waals surface area contributed by atoms with E-state index < -0.39 is 47.6 Å². The molecule has 1 fully saturated rings. The SMILES string of the molecule is CC(C)(C)OCC(NC(=O)C1CCCN1C(=O)C(N)Cc1ccccc1)C(=O)NC(CC(=O)O)Cc1ccccc1. The lowest BCUT2D eigenvalue weighted by Gasteiger charge is -2.30. The summed E-state index contributed by atoms with van der Waals surface area (Å²) in [4.78, 5) is 53.1. The number of ether oxygens (including phenoxy) is 1. The molecule has 0 saturated carbocycles. The highest BCUT2D eigenvalue weighted by atomic mass is 16.5. The zero-order valence-electron chi connectivity index (χ0n) is 24.0. The van der Waals surface area contributed by atoms with Crippen LogP contribution in [0.4, 0.5) is 0 Å². The van der Waals surface area contributed by atoms with E-state index in [0.717, 1.165) is 11.1 Å². The first kappa shape index (κ1) is 31.8. The van der Waals surface area contributed by atoms with Gasteiger partial charge in [-0.3, -0.25) is 19.2 Å². The fourth-order valence-electron chi connectivity index (χ4n) is 4.84. The average Bonchev–Trinajstić information content (AvgIpc) is 3.41. The van der Waals surface area contributed by atoms with E-state index in [1.807, 2.05) is 81.4 Å². The lowest BCUT2D eigenvalue weighted by Crippen LogP contribution is -2.58. The molecule has 1 heterocycles. The van der Waals surface area contributed by atoms with Crippen molar-refractivity contribution < 1.29 is 29.0 Å². The maximum absolute atomic E-state index is 13.5. The lowest BCUT2D eigenvalue weighted by molar-refractivity contribution is -0.141.